The van der Waals surface area contributed by atoms with Crippen molar-refractivity contribution in [1.82, 2.24) is 0 Å². The van der Waals surface area contributed by atoms with Gasteiger partial charge in [-0.3, -0.25) is 9.36 Å². The second kappa shape index (κ2) is 8.66. The average Bonchev–Trinajstić information content (AvgIpc) is 2.39. The number of carbonyl (C=O) groups excluding carboxylic acids is 1. The van der Waals surface area contributed by atoms with Gasteiger partial charge in [0, 0.05) is 0 Å². The highest BCUT2D eigenvalue weighted by molar-refractivity contribution is 8.11. The Morgan fingerprint density at radius 2 is 1.81 bits per heavy atom. The lowest BCUT2D eigenvalue weighted by Gasteiger charge is -2.22. The van der Waals surface area contributed by atoms with Crippen LogP contribution in [-0.2, 0) is 14.1 Å². The van der Waals surface area contributed by atoms with Crippen LogP contribution >= 0.6 is 32.4 Å². The molecule has 2 N–H and O–H groups in total. The molecule has 0 saturated carbocycles. The number of carbonyl (C=O) groups is 1. The van der Waals surface area contributed by atoms with Gasteiger partial charge in [-0.25, -0.2) is 0 Å². The predicted molar refractivity (Wildman–Crippen MR) is 89.9 cm³/mol. The van der Waals surface area contributed by atoms with Crippen molar-refractivity contribution in [1.29, 1.82) is 0 Å². The molecule has 0 bridgehead atoms. The molecule has 118 valence electrons. The highest BCUT2D eigenvalue weighted by Crippen LogP contribution is 2.50. The van der Waals surface area contributed by atoms with Crippen molar-refractivity contribution < 1.29 is 23.9 Å². The lowest BCUT2D eigenvalue weighted by molar-refractivity contribution is -0.145. The summed E-state index contributed by atoms with van der Waals surface area (Å²) in [4.78, 5) is 28.5. The smallest absolute Gasteiger partial charge is 0.342 e. The normalized spacial score (nSPS) is 11.1. The summed E-state index contributed by atoms with van der Waals surface area (Å²) in [6, 6.07) is 9.72. The van der Waals surface area contributed by atoms with E-state index in [4.69, 9.17) is 22.0 Å². The monoisotopic (exact) mass is 350 g/mol. The molecule has 0 heterocycles. The minimum absolute atomic E-state index is 0.113. The standard InChI is InChI=1S/C7H6S2.C6H13O5P/c8-7(9)6-4-2-1-3-5-6;1-4-11-5(7)6(2,3)12(8,9)10/h1-5H,(H,8,9);4H2,1-3H3,(H2,8,9,10). The maximum absolute atomic E-state index is 11.0. The Morgan fingerprint density at radius 3 is 2.10 bits per heavy atom. The van der Waals surface area contributed by atoms with Gasteiger partial charge in [-0.15, -0.1) is 12.6 Å². The van der Waals surface area contributed by atoms with Gasteiger partial charge in [0.15, 0.2) is 5.16 Å². The minimum atomic E-state index is -4.43. The second-order valence-electron chi connectivity index (χ2n) is 4.49. The number of ether oxygens (including phenoxy) is 1. The minimum Gasteiger partial charge on any atom is -0.465 e. The third-order valence-electron chi connectivity index (χ3n) is 2.52. The molecule has 21 heavy (non-hydrogen) atoms. The summed E-state index contributed by atoms with van der Waals surface area (Å²) in [6.45, 7) is 4.01. The van der Waals surface area contributed by atoms with Gasteiger partial charge >= 0.3 is 13.6 Å². The Labute approximate surface area is 135 Å². The maximum atomic E-state index is 11.0. The van der Waals surface area contributed by atoms with Gasteiger partial charge in [-0.1, -0.05) is 42.5 Å². The lowest BCUT2D eigenvalue weighted by Crippen LogP contribution is -2.33. The molecular weight excluding hydrogens is 331 g/mol. The molecule has 0 unspecified atom stereocenters. The highest BCUT2D eigenvalue weighted by atomic mass is 32.1. The maximum Gasteiger partial charge on any atom is 0.342 e. The van der Waals surface area contributed by atoms with Crippen LogP contribution in [0.4, 0.5) is 0 Å². The van der Waals surface area contributed by atoms with Crippen molar-refractivity contribution in [3.8, 4) is 0 Å². The Balaban J connectivity index is 0.000000394. The van der Waals surface area contributed by atoms with E-state index >= 15 is 0 Å². The summed E-state index contributed by atoms with van der Waals surface area (Å²) in [6.07, 6.45) is 0. The summed E-state index contributed by atoms with van der Waals surface area (Å²) in [5.74, 6) is -0.877. The van der Waals surface area contributed by atoms with Crippen LogP contribution in [0.3, 0.4) is 0 Å². The fraction of sp³-hybridized carbons (Fsp3) is 0.385. The Morgan fingerprint density at radius 1 is 1.33 bits per heavy atom. The van der Waals surface area contributed by atoms with Crippen molar-refractivity contribution in [2.45, 2.75) is 25.9 Å². The quantitative estimate of drug-likeness (QED) is 0.335. The van der Waals surface area contributed by atoms with Gasteiger partial charge < -0.3 is 14.5 Å². The van der Waals surface area contributed by atoms with Crippen molar-refractivity contribution in [3.05, 3.63) is 35.9 Å². The molecule has 0 radical (unpaired) electrons. The Bertz CT molecular complexity index is 525. The molecule has 0 aliphatic carbocycles. The topological polar surface area (TPSA) is 83.8 Å². The molecule has 0 atom stereocenters. The van der Waals surface area contributed by atoms with Crippen LogP contribution in [0.1, 0.15) is 26.3 Å². The van der Waals surface area contributed by atoms with E-state index in [2.05, 4.69) is 17.4 Å². The molecule has 0 fully saturated rings. The zero-order chi connectivity index (χ0) is 16.7. The molecule has 1 aromatic rings. The largest absolute Gasteiger partial charge is 0.465 e. The summed E-state index contributed by atoms with van der Waals surface area (Å²) >= 11 is 8.85. The summed E-state index contributed by atoms with van der Waals surface area (Å²) in [5, 5.41) is -1.75. The van der Waals surface area contributed by atoms with E-state index in [1.807, 2.05) is 30.3 Å². The van der Waals surface area contributed by atoms with Gasteiger partial charge in [-0.2, -0.15) is 0 Å². The van der Waals surface area contributed by atoms with E-state index in [0.29, 0.717) is 4.20 Å². The van der Waals surface area contributed by atoms with Gasteiger partial charge in [0.1, 0.15) is 0 Å². The molecule has 5 nitrogen and oxygen atoms in total. The molecule has 0 aliphatic heterocycles. The number of thiocarbonyl (C=S) groups is 1. The van der Waals surface area contributed by atoms with Crippen LogP contribution in [0.5, 0.6) is 0 Å². The molecule has 0 aromatic heterocycles. The van der Waals surface area contributed by atoms with E-state index in [1.165, 1.54) is 0 Å². The van der Waals surface area contributed by atoms with E-state index in [9.17, 15) is 9.36 Å². The first-order valence-corrected chi connectivity index (χ1v) is 8.52. The first kappa shape index (κ1) is 20.3. The first-order valence-electron chi connectivity index (χ1n) is 6.05. The fourth-order valence-electron chi connectivity index (χ4n) is 1.01. The van der Waals surface area contributed by atoms with Crippen molar-refractivity contribution in [3.63, 3.8) is 0 Å². The summed E-state index contributed by atoms with van der Waals surface area (Å²) in [7, 11) is -4.43. The number of rotatable bonds is 4. The second-order valence-corrected chi connectivity index (χ2v) is 7.86. The summed E-state index contributed by atoms with van der Waals surface area (Å²) < 4.78 is 15.9. The van der Waals surface area contributed by atoms with Crippen molar-refractivity contribution in [2.75, 3.05) is 6.61 Å². The Kier molecular flexibility index (Phi) is 8.36. The molecule has 1 aromatic carbocycles. The fourth-order valence-corrected chi connectivity index (χ4v) is 1.59. The molecule has 0 amide bonds. The number of benzene rings is 1. The SMILES string of the molecule is CCOC(=O)C(C)(C)P(=O)(O)O.S=C(S)c1ccccc1. The van der Waals surface area contributed by atoms with E-state index in [0.717, 1.165) is 19.4 Å². The van der Waals surface area contributed by atoms with Crippen LogP contribution in [0.15, 0.2) is 30.3 Å². The van der Waals surface area contributed by atoms with E-state index in [-0.39, 0.29) is 6.61 Å². The third kappa shape index (κ3) is 6.72. The zero-order valence-electron chi connectivity index (χ0n) is 12.0. The third-order valence-corrected chi connectivity index (χ3v) is 4.66. The number of thiol groups is 1. The van der Waals surface area contributed by atoms with Gasteiger partial charge in [0.05, 0.1) is 10.8 Å². The van der Waals surface area contributed by atoms with Gasteiger partial charge in [0.2, 0.25) is 0 Å². The first-order chi connectivity index (χ1) is 9.54. The molecular formula is C13H19O5PS2. The number of hydrogen-bond donors (Lipinski definition) is 3. The number of hydrogen-bond acceptors (Lipinski definition) is 4. The molecule has 1 rings (SSSR count). The molecule has 8 heteroatoms. The average molecular weight is 350 g/mol. The molecule has 0 saturated heterocycles. The van der Waals surface area contributed by atoms with Crippen LogP contribution in [-0.4, -0.2) is 31.7 Å². The van der Waals surface area contributed by atoms with Crippen molar-refractivity contribution >= 4 is 42.6 Å². The zero-order valence-corrected chi connectivity index (χ0v) is 14.6. The van der Waals surface area contributed by atoms with Gasteiger partial charge in [0.25, 0.3) is 0 Å². The van der Waals surface area contributed by atoms with E-state index < -0.39 is 18.7 Å². The van der Waals surface area contributed by atoms with Crippen LogP contribution in [0.2, 0.25) is 0 Å². The van der Waals surface area contributed by atoms with Crippen LogP contribution < -0.4 is 0 Å². The molecule has 0 spiro atoms. The molecule has 0 aliphatic rings. The Hall–Kier alpha value is -0.720. The summed E-state index contributed by atoms with van der Waals surface area (Å²) in [5.41, 5.74) is 1.01. The highest BCUT2D eigenvalue weighted by Gasteiger charge is 2.46. The number of esters is 1. The van der Waals surface area contributed by atoms with E-state index in [1.54, 1.807) is 6.92 Å². The van der Waals surface area contributed by atoms with Crippen LogP contribution in [0.25, 0.3) is 0 Å². The van der Waals surface area contributed by atoms with Crippen molar-refractivity contribution in [2.24, 2.45) is 0 Å². The predicted octanol–water partition coefficient (Wildman–Crippen LogP) is 2.80. The lowest BCUT2D eigenvalue weighted by atomic mass is 10.2. The van der Waals surface area contributed by atoms with Crippen LogP contribution in [0, 0.1) is 0 Å². The van der Waals surface area contributed by atoms with Gasteiger partial charge in [-0.05, 0) is 26.3 Å².